The van der Waals surface area contributed by atoms with Crippen molar-refractivity contribution in [3.05, 3.63) is 69.3 Å². The van der Waals surface area contributed by atoms with Crippen LogP contribution in [0.5, 0.6) is 5.75 Å². The van der Waals surface area contributed by atoms with E-state index in [0.29, 0.717) is 11.3 Å². The van der Waals surface area contributed by atoms with E-state index >= 15 is 0 Å². The number of hydrogen-bond acceptors (Lipinski definition) is 6. The number of fused-ring (bicyclic) bond motifs is 4. The third-order valence-corrected chi connectivity index (χ3v) is 6.27. The van der Waals surface area contributed by atoms with Crippen molar-refractivity contribution in [2.45, 2.75) is 32.0 Å². The summed E-state index contributed by atoms with van der Waals surface area (Å²) in [6, 6.07) is 8.58. The van der Waals surface area contributed by atoms with E-state index in [1.807, 2.05) is 13.8 Å². The number of β-lactam (4-membered cyclic amide) rings is 1. The number of nitro groups is 1. The van der Waals surface area contributed by atoms with Crippen molar-refractivity contribution in [1.82, 2.24) is 9.80 Å². The fraction of sp³-hybridized carbons (Fsp3) is 0.318. The van der Waals surface area contributed by atoms with Crippen LogP contribution in [0.2, 0.25) is 0 Å². The van der Waals surface area contributed by atoms with Gasteiger partial charge in [0.2, 0.25) is 5.91 Å². The second-order valence-electron chi connectivity index (χ2n) is 8.26. The van der Waals surface area contributed by atoms with E-state index in [-0.39, 0.29) is 41.3 Å². The zero-order chi connectivity index (χ0) is 22.0. The molecular formula is C22H19N3O6. The fourth-order valence-electron chi connectivity index (χ4n) is 4.68. The number of rotatable bonds is 3. The van der Waals surface area contributed by atoms with E-state index in [0.717, 1.165) is 4.90 Å². The summed E-state index contributed by atoms with van der Waals surface area (Å²) in [6.45, 7) is 4.12. The molecule has 9 heteroatoms. The van der Waals surface area contributed by atoms with Crippen molar-refractivity contribution in [3.8, 4) is 5.75 Å². The number of hydrogen-bond donors (Lipinski definition) is 0. The highest BCUT2D eigenvalue weighted by Crippen LogP contribution is 2.48. The molecule has 3 atom stereocenters. The molecular weight excluding hydrogens is 402 g/mol. The van der Waals surface area contributed by atoms with Crippen LogP contribution in [0, 0.1) is 16.0 Å². The van der Waals surface area contributed by atoms with Gasteiger partial charge in [-0.1, -0.05) is 26.0 Å². The highest BCUT2D eigenvalue weighted by Gasteiger charge is 2.60. The number of carbonyl (C=O) groups excluding carboxylic acids is 3. The van der Waals surface area contributed by atoms with Crippen LogP contribution < -0.4 is 4.74 Å². The molecule has 0 N–H and O–H groups in total. The van der Waals surface area contributed by atoms with Gasteiger partial charge >= 0.3 is 0 Å². The Balaban J connectivity index is 1.63. The Morgan fingerprint density at radius 3 is 2.26 bits per heavy atom. The van der Waals surface area contributed by atoms with E-state index in [9.17, 15) is 24.5 Å². The highest BCUT2D eigenvalue weighted by atomic mass is 16.6. The Morgan fingerprint density at radius 1 is 1.03 bits per heavy atom. The fourth-order valence-corrected chi connectivity index (χ4v) is 4.68. The number of benzene rings is 2. The minimum absolute atomic E-state index is 0.0406. The molecule has 3 heterocycles. The number of ether oxygens (including phenoxy) is 1. The maximum atomic E-state index is 13.3. The molecule has 0 saturated carbocycles. The summed E-state index contributed by atoms with van der Waals surface area (Å²) < 4.78 is 5.91. The van der Waals surface area contributed by atoms with Crippen molar-refractivity contribution < 1.29 is 24.0 Å². The van der Waals surface area contributed by atoms with Gasteiger partial charge in [0, 0.05) is 17.7 Å². The summed E-state index contributed by atoms with van der Waals surface area (Å²) in [4.78, 5) is 52.9. The second-order valence-corrected chi connectivity index (χ2v) is 8.26. The zero-order valence-corrected chi connectivity index (χ0v) is 16.8. The average molecular weight is 421 g/mol. The maximum absolute atomic E-state index is 13.3. The predicted octanol–water partition coefficient (Wildman–Crippen LogP) is 2.56. The van der Waals surface area contributed by atoms with Gasteiger partial charge in [-0.15, -0.1) is 0 Å². The molecule has 158 valence electrons. The molecule has 0 aliphatic carbocycles. The molecule has 0 spiro atoms. The Bertz CT molecular complexity index is 1120. The van der Waals surface area contributed by atoms with Crippen LogP contribution in [0.3, 0.4) is 0 Å². The largest absolute Gasteiger partial charge is 0.491 e. The molecule has 2 aromatic rings. The lowest BCUT2D eigenvalue weighted by Gasteiger charge is -2.52. The van der Waals surface area contributed by atoms with Crippen LogP contribution in [0.4, 0.5) is 5.69 Å². The van der Waals surface area contributed by atoms with Crippen LogP contribution in [0.1, 0.15) is 46.2 Å². The van der Waals surface area contributed by atoms with Crippen LogP contribution in [0.15, 0.2) is 42.5 Å². The van der Waals surface area contributed by atoms with Gasteiger partial charge in [-0.05, 0) is 24.1 Å². The molecule has 31 heavy (non-hydrogen) atoms. The first kappa shape index (κ1) is 19.2. The van der Waals surface area contributed by atoms with Gasteiger partial charge in [-0.2, -0.15) is 0 Å². The Hall–Kier alpha value is -3.75. The third-order valence-electron chi connectivity index (χ3n) is 6.27. The van der Waals surface area contributed by atoms with E-state index in [2.05, 4.69) is 0 Å². The Labute approximate surface area is 177 Å². The number of imide groups is 1. The van der Waals surface area contributed by atoms with Crippen molar-refractivity contribution in [1.29, 1.82) is 0 Å². The lowest BCUT2D eigenvalue weighted by atomic mass is 9.83. The summed E-state index contributed by atoms with van der Waals surface area (Å²) in [5, 5.41) is 11.4. The van der Waals surface area contributed by atoms with E-state index in [1.165, 1.54) is 18.2 Å². The van der Waals surface area contributed by atoms with Gasteiger partial charge in [-0.3, -0.25) is 29.4 Å². The topological polar surface area (TPSA) is 110 Å². The molecule has 9 nitrogen and oxygen atoms in total. The first-order valence-electron chi connectivity index (χ1n) is 10.0. The molecule has 0 radical (unpaired) electrons. The minimum atomic E-state index is -1.07. The minimum Gasteiger partial charge on any atom is -0.491 e. The molecule has 2 aromatic carbocycles. The van der Waals surface area contributed by atoms with Gasteiger partial charge in [0.25, 0.3) is 17.5 Å². The zero-order valence-electron chi connectivity index (χ0n) is 16.8. The predicted molar refractivity (Wildman–Crippen MR) is 108 cm³/mol. The average Bonchev–Trinajstić information content (AvgIpc) is 2.91. The van der Waals surface area contributed by atoms with Crippen molar-refractivity contribution in [2.75, 3.05) is 6.61 Å². The highest BCUT2D eigenvalue weighted by molar-refractivity contribution is 6.23. The molecule has 5 rings (SSSR count). The van der Waals surface area contributed by atoms with Gasteiger partial charge in [0.15, 0.2) is 0 Å². The van der Waals surface area contributed by atoms with Crippen molar-refractivity contribution in [3.63, 3.8) is 0 Å². The molecule has 0 aromatic heterocycles. The second kappa shape index (κ2) is 6.63. The summed E-state index contributed by atoms with van der Waals surface area (Å²) in [5.41, 5.74) is 0.788. The summed E-state index contributed by atoms with van der Waals surface area (Å²) in [6.07, 6.45) is 0. The molecule has 3 aliphatic rings. The van der Waals surface area contributed by atoms with E-state index in [4.69, 9.17) is 4.74 Å². The molecule has 0 unspecified atom stereocenters. The lowest BCUT2D eigenvalue weighted by molar-refractivity contribution is -0.385. The quantitative estimate of drug-likeness (QED) is 0.326. The van der Waals surface area contributed by atoms with E-state index in [1.54, 1.807) is 29.2 Å². The standard InChI is InChI=1S/C22H19N3O6/c1-11(2)16-10-31-17-8-7-12(25(29)30)9-15(17)18-19(22(28)23(16)18)24-20(26)13-5-3-4-6-14(13)21(24)27/h3-9,11,16,18-19H,10H2,1-2H3/t16-,18+,19+/m1/s1. The van der Waals surface area contributed by atoms with Crippen LogP contribution >= 0.6 is 0 Å². The van der Waals surface area contributed by atoms with E-state index < -0.39 is 28.8 Å². The summed E-state index contributed by atoms with van der Waals surface area (Å²) in [7, 11) is 0. The third kappa shape index (κ3) is 2.59. The number of amides is 3. The van der Waals surface area contributed by atoms with Gasteiger partial charge in [0.1, 0.15) is 18.4 Å². The monoisotopic (exact) mass is 421 g/mol. The van der Waals surface area contributed by atoms with Crippen LogP contribution in [-0.4, -0.2) is 51.1 Å². The molecule has 1 saturated heterocycles. The van der Waals surface area contributed by atoms with Crippen LogP contribution in [0.25, 0.3) is 0 Å². The van der Waals surface area contributed by atoms with Gasteiger partial charge in [0.05, 0.1) is 28.1 Å². The Kier molecular flexibility index (Phi) is 4.11. The Morgan fingerprint density at radius 2 is 1.68 bits per heavy atom. The first-order chi connectivity index (χ1) is 14.8. The summed E-state index contributed by atoms with van der Waals surface area (Å²) >= 11 is 0. The summed E-state index contributed by atoms with van der Waals surface area (Å²) in [5.74, 6) is -0.966. The van der Waals surface area contributed by atoms with Crippen molar-refractivity contribution >= 4 is 23.4 Å². The van der Waals surface area contributed by atoms with Crippen molar-refractivity contribution in [2.24, 2.45) is 5.92 Å². The lowest BCUT2D eigenvalue weighted by Crippen LogP contribution is -2.69. The molecule has 1 fully saturated rings. The number of nitro benzene ring substituents is 1. The normalized spacial score (nSPS) is 24.2. The smallest absolute Gasteiger partial charge is 0.270 e. The SMILES string of the molecule is CC(C)[C@H]1COc2ccc([N+](=O)[O-])cc2[C@H]2[C@H](N3C(=O)c4ccccc4C3=O)C(=O)N12. The van der Waals surface area contributed by atoms with Gasteiger partial charge < -0.3 is 9.64 Å². The number of carbonyl (C=O) groups is 3. The van der Waals surface area contributed by atoms with Gasteiger partial charge in [-0.25, -0.2) is 0 Å². The maximum Gasteiger partial charge on any atom is 0.270 e. The van der Waals surface area contributed by atoms with Crippen LogP contribution in [-0.2, 0) is 4.79 Å². The number of nitrogens with zero attached hydrogens (tertiary/aromatic N) is 3. The first-order valence-corrected chi connectivity index (χ1v) is 10.0. The molecule has 3 aliphatic heterocycles. The molecule has 0 bridgehead atoms. The molecule has 3 amide bonds. The number of non-ortho nitro benzene ring substituents is 1.